The fraction of sp³-hybridized carbons (Fsp3) is 0.593. The second-order valence-corrected chi connectivity index (χ2v) is 10.2. The number of hydrogen-bond acceptors (Lipinski definition) is 7. The van der Waals surface area contributed by atoms with Crippen molar-refractivity contribution in [1.29, 1.82) is 0 Å². The van der Waals surface area contributed by atoms with Gasteiger partial charge in [-0.1, -0.05) is 44.2 Å². The molecular formula is C27H46N8O5. The van der Waals surface area contributed by atoms with Crippen molar-refractivity contribution in [2.24, 2.45) is 33.8 Å². The number of nitrogens with two attached hydrogens (primary N) is 4. The van der Waals surface area contributed by atoms with Gasteiger partial charge in [0.1, 0.15) is 18.1 Å². The number of carbonyl (C=O) groups excluding carboxylic acids is 3. The molecule has 1 aromatic rings. The molecule has 0 heterocycles. The van der Waals surface area contributed by atoms with Gasteiger partial charge in [0.15, 0.2) is 5.96 Å². The van der Waals surface area contributed by atoms with Gasteiger partial charge in [-0.15, -0.1) is 0 Å². The maximum atomic E-state index is 13.3. The van der Waals surface area contributed by atoms with Crippen molar-refractivity contribution in [3.05, 3.63) is 35.9 Å². The molecule has 1 rings (SSSR count). The number of aliphatic carboxylic acids is 1. The van der Waals surface area contributed by atoms with Crippen molar-refractivity contribution < 1.29 is 24.3 Å². The quantitative estimate of drug-likeness (QED) is 0.0604. The molecule has 0 saturated heterocycles. The SMILES string of the molecule is CC(C)CC(NC(=O)C(N)CCCN=C(N)N)C(=O)NC(CCCCN)C(=O)NC(Cc1ccccc1)C(=O)O. The van der Waals surface area contributed by atoms with Crippen LogP contribution in [0.3, 0.4) is 0 Å². The highest BCUT2D eigenvalue weighted by molar-refractivity contribution is 5.94. The van der Waals surface area contributed by atoms with Crippen LogP contribution in [0.2, 0.25) is 0 Å². The standard InChI is InChI=1S/C27H46N8O5/c1-17(2)15-21(34-23(36)19(29)11-8-14-32-27(30)31)25(38)33-20(12-6-7-13-28)24(37)35-22(26(39)40)16-18-9-4-3-5-10-18/h3-5,9-10,17,19-22H,6-8,11-16,28-29H2,1-2H3,(H,33,38)(H,34,36)(H,35,37)(H,39,40)(H4,30,31,32). The molecule has 0 bridgehead atoms. The number of guanidine groups is 1. The third-order valence-corrected chi connectivity index (χ3v) is 6.12. The third-order valence-electron chi connectivity index (χ3n) is 6.12. The average Bonchev–Trinajstić information content (AvgIpc) is 2.89. The van der Waals surface area contributed by atoms with E-state index < -0.39 is 47.9 Å². The molecule has 0 aliphatic rings. The van der Waals surface area contributed by atoms with Gasteiger partial charge in [0.25, 0.3) is 0 Å². The van der Waals surface area contributed by atoms with Crippen molar-refractivity contribution in [3.63, 3.8) is 0 Å². The van der Waals surface area contributed by atoms with Crippen LogP contribution in [-0.2, 0) is 25.6 Å². The fourth-order valence-electron chi connectivity index (χ4n) is 3.99. The molecule has 13 nitrogen and oxygen atoms in total. The maximum absolute atomic E-state index is 13.3. The van der Waals surface area contributed by atoms with Gasteiger partial charge >= 0.3 is 5.97 Å². The predicted molar refractivity (Wildman–Crippen MR) is 154 cm³/mol. The van der Waals surface area contributed by atoms with E-state index in [0.29, 0.717) is 45.2 Å². The lowest BCUT2D eigenvalue weighted by atomic mass is 10.0. The first-order chi connectivity index (χ1) is 18.9. The van der Waals surface area contributed by atoms with E-state index in [0.717, 1.165) is 5.56 Å². The molecule has 40 heavy (non-hydrogen) atoms. The lowest BCUT2D eigenvalue weighted by Gasteiger charge is -2.26. The van der Waals surface area contributed by atoms with Crippen LogP contribution in [0.25, 0.3) is 0 Å². The Morgan fingerprint density at radius 2 is 1.45 bits per heavy atom. The number of hydrogen-bond donors (Lipinski definition) is 8. The Morgan fingerprint density at radius 3 is 2.02 bits per heavy atom. The molecule has 0 saturated carbocycles. The van der Waals surface area contributed by atoms with Gasteiger partial charge in [-0.2, -0.15) is 0 Å². The van der Waals surface area contributed by atoms with Gasteiger partial charge < -0.3 is 44.0 Å². The van der Waals surface area contributed by atoms with Gasteiger partial charge in [0, 0.05) is 13.0 Å². The zero-order valence-corrected chi connectivity index (χ0v) is 23.5. The van der Waals surface area contributed by atoms with E-state index in [4.69, 9.17) is 22.9 Å². The number of rotatable bonds is 19. The Kier molecular flexibility index (Phi) is 15.9. The molecule has 0 spiro atoms. The monoisotopic (exact) mass is 562 g/mol. The first-order valence-corrected chi connectivity index (χ1v) is 13.6. The smallest absolute Gasteiger partial charge is 0.326 e. The second kappa shape index (κ2) is 18.6. The fourth-order valence-corrected chi connectivity index (χ4v) is 3.99. The summed E-state index contributed by atoms with van der Waals surface area (Å²) in [5.41, 5.74) is 22.9. The zero-order chi connectivity index (χ0) is 30.1. The molecule has 13 heteroatoms. The van der Waals surface area contributed by atoms with Crippen LogP contribution < -0.4 is 38.9 Å². The van der Waals surface area contributed by atoms with E-state index in [2.05, 4.69) is 20.9 Å². The van der Waals surface area contributed by atoms with Crippen molar-refractivity contribution in [2.45, 2.75) is 83.0 Å². The number of nitrogens with one attached hydrogen (secondary N) is 3. The van der Waals surface area contributed by atoms with Crippen LogP contribution in [0.15, 0.2) is 35.3 Å². The van der Waals surface area contributed by atoms with Gasteiger partial charge in [-0.3, -0.25) is 19.4 Å². The van der Waals surface area contributed by atoms with Gasteiger partial charge in [-0.05, 0) is 56.6 Å². The van der Waals surface area contributed by atoms with E-state index >= 15 is 0 Å². The number of carboxylic acid groups (broad SMARTS) is 1. The summed E-state index contributed by atoms with van der Waals surface area (Å²) in [4.78, 5) is 55.0. The summed E-state index contributed by atoms with van der Waals surface area (Å²) in [7, 11) is 0. The summed E-state index contributed by atoms with van der Waals surface area (Å²) in [6.45, 7) is 4.52. The van der Waals surface area contributed by atoms with Crippen molar-refractivity contribution in [2.75, 3.05) is 13.1 Å². The molecule has 1 aromatic carbocycles. The molecule has 4 unspecified atom stereocenters. The molecular weight excluding hydrogens is 516 g/mol. The summed E-state index contributed by atoms with van der Waals surface area (Å²) in [5, 5.41) is 17.7. The zero-order valence-electron chi connectivity index (χ0n) is 23.5. The number of amides is 3. The minimum Gasteiger partial charge on any atom is -0.480 e. The number of benzene rings is 1. The summed E-state index contributed by atoms with van der Waals surface area (Å²) in [6.07, 6.45) is 2.57. The molecule has 0 fully saturated rings. The number of carboxylic acids is 1. The maximum Gasteiger partial charge on any atom is 0.326 e. The van der Waals surface area contributed by atoms with E-state index in [1.54, 1.807) is 24.3 Å². The molecule has 0 aliphatic carbocycles. The van der Waals surface area contributed by atoms with Crippen LogP contribution in [-0.4, -0.2) is 72.0 Å². The van der Waals surface area contributed by atoms with E-state index in [1.165, 1.54) is 0 Å². The normalized spacial score (nSPS) is 13.9. The number of carbonyl (C=O) groups is 4. The highest BCUT2D eigenvalue weighted by atomic mass is 16.4. The second-order valence-electron chi connectivity index (χ2n) is 10.2. The van der Waals surface area contributed by atoms with Crippen LogP contribution in [0, 0.1) is 5.92 Å². The predicted octanol–water partition coefficient (Wildman–Crippen LogP) is -0.676. The first-order valence-electron chi connectivity index (χ1n) is 13.6. The third kappa shape index (κ3) is 13.9. The number of aliphatic imine (C=N–C) groups is 1. The van der Waals surface area contributed by atoms with Crippen LogP contribution in [0.1, 0.15) is 57.9 Å². The minimum absolute atomic E-state index is 0.0425. The van der Waals surface area contributed by atoms with Crippen LogP contribution in [0.5, 0.6) is 0 Å². The van der Waals surface area contributed by atoms with Crippen molar-refractivity contribution in [1.82, 2.24) is 16.0 Å². The van der Waals surface area contributed by atoms with Gasteiger partial charge in [0.05, 0.1) is 6.04 Å². The Bertz CT molecular complexity index is 969. The lowest BCUT2D eigenvalue weighted by molar-refractivity contribution is -0.142. The first kappa shape index (κ1) is 34.3. The molecule has 4 atom stereocenters. The highest BCUT2D eigenvalue weighted by Gasteiger charge is 2.30. The average molecular weight is 563 g/mol. The number of unbranched alkanes of at least 4 members (excludes halogenated alkanes) is 1. The Balaban J connectivity index is 2.95. The van der Waals surface area contributed by atoms with Gasteiger partial charge in [-0.25, -0.2) is 4.79 Å². The summed E-state index contributed by atoms with van der Waals surface area (Å²) in [5.74, 6) is -2.89. The lowest BCUT2D eigenvalue weighted by Crippen LogP contribution is -2.57. The molecule has 12 N–H and O–H groups in total. The topological polar surface area (TPSA) is 241 Å². The van der Waals surface area contributed by atoms with E-state index in [-0.39, 0.29) is 24.7 Å². The van der Waals surface area contributed by atoms with E-state index in [9.17, 15) is 24.3 Å². The molecule has 224 valence electrons. The Morgan fingerprint density at radius 1 is 0.850 bits per heavy atom. The van der Waals surface area contributed by atoms with Crippen LogP contribution in [0.4, 0.5) is 0 Å². The van der Waals surface area contributed by atoms with Crippen molar-refractivity contribution in [3.8, 4) is 0 Å². The van der Waals surface area contributed by atoms with E-state index in [1.807, 2.05) is 19.9 Å². The van der Waals surface area contributed by atoms with Gasteiger partial charge in [0.2, 0.25) is 17.7 Å². The molecule has 3 amide bonds. The summed E-state index contributed by atoms with van der Waals surface area (Å²) >= 11 is 0. The Labute approximate surface area is 235 Å². The summed E-state index contributed by atoms with van der Waals surface area (Å²) in [6, 6.07) is 4.89. The van der Waals surface area contributed by atoms with Crippen LogP contribution >= 0.6 is 0 Å². The summed E-state index contributed by atoms with van der Waals surface area (Å²) < 4.78 is 0. The number of nitrogens with zero attached hydrogens (tertiary/aromatic N) is 1. The largest absolute Gasteiger partial charge is 0.480 e. The Hall–Kier alpha value is -3.71. The molecule has 0 radical (unpaired) electrons. The molecule has 0 aromatic heterocycles. The van der Waals surface area contributed by atoms with Crippen molar-refractivity contribution >= 4 is 29.7 Å². The minimum atomic E-state index is -1.19. The molecule has 0 aliphatic heterocycles. The highest BCUT2D eigenvalue weighted by Crippen LogP contribution is 2.10.